The Hall–Kier alpha value is -2.91. The minimum atomic E-state index is -3.69. The van der Waals surface area contributed by atoms with Gasteiger partial charge in [0.15, 0.2) is 0 Å². The van der Waals surface area contributed by atoms with E-state index < -0.39 is 16.1 Å². The molecular weight excluding hydrogens is 557 g/mol. The van der Waals surface area contributed by atoms with Gasteiger partial charge in [0.1, 0.15) is 6.04 Å². The fraction of sp³-hybridized carbons (Fsp3) is 0.310. The molecule has 0 spiro atoms. The van der Waals surface area contributed by atoms with Crippen LogP contribution in [0.25, 0.3) is 0 Å². The average Bonchev–Trinajstić information content (AvgIpc) is 2.93. The topological polar surface area (TPSA) is 86.8 Å². The highest BCUT2D eigenvalue weighted by Gasteiger charge is 2.31. The number of sulfonamides is 1. The first kappa shape index (κ1) is 30.6. The number of nitrogens with zero attached hydrogens (tertiary/aromatic N) is 2. The van der Waals surface area contributed by atoms with E-state index in [1.807, 2.05) is 37.3 Å². The molecule has 1 N–H and O–H groups in total. The molecule has 39 heavy (non-hydrogen) atoms. The summed E-state index contributed by atoms with van der Waals surface area (Å²) in [6.07, 6.45) is 0.589. The monoisotopic (exact) mass is 589 g/mol. The Bertz CT molecular complexity index is 1340. The van der Waals surface area contributed by atoms with Gasteiger partial charge in [-0.1, -0.05) is 77.8 Å². The smallest absolute Gasteiger partial charge is 0.243 e. The van der Waals surface area contributed by atoms with Crippen molar-refractivity contribution < 1.29 is 18.0 Å². The molecule has 1 atom stereocenters. The third kappa shape index (κ3) is 8.29. The van der Waals surface area contributed by atoms with Gasteiger partial charge < -0.3 is 10.2 Å². The van der Waals surface area contributed by atoms with Crippen LogP contribution in [0, 0.1) is 0 Å². The van der Waals surface area contributed by atoms with E-state index in [1.165, 1.54) is 28.4 Å². The van der Waals surface area contributed by atoms with Crippen molar-refractivity contribution in [2.75, 3.05) is 20.1 Å². The van der Waals surface area contributed by atoms with Crippen molar-refractivity contribution in [2.45, 2.75) is 43.7 Å². The molecular formula is C29H33Cl2N3O4S. The molecule has 0 aliphatic carbocycles. The number of amides is 2. The first-order chi connectivity index (χ1) is 18.6. The maximum atomic E-state index is 13.7. The lowest BCUT2D eigenvalue weighted by atomic mass is 10.0. The lowest BCUT2D eigenvalue weighted by Crippen LogP contribution is -2.50. The van der Waals surface area contributed by atoms with Crippen molar-refractivity contribution in [3.63, 3.8) is 0 Å². The van der Waals surface area contributed by atoms with Crippen LogP contribution in [0.2, 0.25) is 10.0 Å². The van der Waals surface area contributed by atoms with E-state index in [-0.39, 0.29) is 42.6 Å². The number of nitrogens with one attached hydrogen (secondary N) is 1. The zero-order valence-corrected chi connectivity index (χ0v) is 24.3. The third-order valence-electron chi connectivity index (χ3n) is 6.33. The molecule has 208 valence electrons. The Morgan fingerprint density at radius 3 is 2.08 bits per heavy atom. The second-order valence-corrected chi connectivity index (χ2v) is 11.9. The zero-order valence-electron chi connectivity index (χ0n) is 22.0. The standard InChI is InChI=1S/C29H33Cl2N3O4S/c1-3-32-29(36)27(20-22-12-6-4-7-13-22)34(21-24-25(30)16-10-17-26(24)31)28(35)18-11-19-33(2)39(37,38)23-14-8-5-9-15-23/h4-10,12-17,27H,3,11,18-21H2,1-2H3,(H,32,36). The highest BCUT2D eigenvalue weighted by Crippen LogP contribution is 2.27. The SMILES string of the molecule is CCNC(=O)C(Cc1ccccc1)N(Cc1c(Cl)cccc1Cl)C(=O)CCCN(C)S(=O)(=O)c1ccccc1. The van der Waals surface area contributed by atoms with Gasteiger partial charge in [-0.15, -0.1) is 0 Å². The third-order valence-corrected chi connectivity index (χ3v) is 8.91. The summed E-state index contributed by atoms with van der Waals surface area (Å²) < 4.78 is 27.0. The van der Waals surface area contributed by atoms with Crippen molar-refractivity contribution in [3.8, 4) is 0 Å². The number of hydrogen-bond acceptors (Lipinski definition) is 4. The lowest BCUT2D eigenvalue weighted by Gasteiger charge is -2.32. The van der Waals surface area contributed by atoms with Crippen LogP contribution in [0.3, 0.4) is 0 Å². The fourth-order valence-corrected chi connectivity index (χ4v) is 5.94. The Balaban J connectivity index is 1.84. The molecule has 3 aromatic carbocycles. The summed E-state index contributed by atoms with van der Waals surface area (Å²) >= 11 is 12.9. The summed E-state index contributed by atoms with van der Waals surface area (Å²) in [5.41, 5.74) is 1.44. The number of carbonyl (C=O) groups is 2. The van der Waals surface area contributed by atoms with Crippen LogP contribution in [-0.4, -0.2) is 55.6 Å². The van der Waals surface area contributed by atoms with E-state index in [9.17, 15) is 18.0 Å². The van der Waals surface area contributed by atoms with Crippen molar-refractivity contribution in [2.24, 2.45) is 0 Å². The summed E-state index contributed by atoms with van der Waals surface area (Å²) in [6.45, 7) is 2.39. The number of halogens is 2. The second-order valence-electron chi connectivity index (χ2n) is 9.07. The van der Waals surface area contributed by atoms with Crippen molar-refractivity contribution in [1.29, 1.82) is 0 Å². The lowest BCUT2D eigenvalue weighted by molar-refractivity contribution is -0.141. The van der Waals surface area contributed by atoms with Crippen LogP contribution in [0.4, 0.5) is 0 Å². The van der Waals surface area contributed by atoms with Gasteiger partial charge in [-0.25, -0.2) is 12.7 Å². The molecule has 0 heterocycles. The number of rotatable bonds is 13. The van der Waals surface area contributed by atoms with Crippen LogP contribution in [-0.2, 0) is 32.6 Å². The Morgan fingerprint density at radius 2 is 1.49 bits per heavy atom. The molecule has 1 unspecified atom stereocenters. The van der Waals surface area contributed by atoms with Gasteiger partial charge in [0.2, 0.25) is 21.8 Å². The van der Waals surface area contributed by atoms with Crippen molar-refractivity contribution in [1.82, 2.24) is 14.5 Å². The van der Waals surface area contributed by atoms with E-state index in [0.717, 1.165) is 5.56 Å². The summed E-state index contributed by atoms with van der Waals surface area (Å²) in [5.74, 6) is -0.592. The first-order valence-electron chi connectivity index (χ1n) is 12.7. The molecule has 0 saturated heterocycles. The highest BCUT2D eigenvalue weighted by atomic mass is 35.5. The van der Waals surface area contributed by atoms with Gasteiger partial charge in [0.25, 0.3) is 0 Å². The zero-order chi connectivity index (χ0) is 28.4. The van der Waals surface area contributed by atoms with Crippen LogP contribution >= 0.6 is 23.2 Å². The quantitative estimate of drug-likeness (QED) is 0.298. The van der Waals surface area contributed by atoms with E-state index in [0.29, 0.717) is 28.6 Å². The normalized spacial score (nSPS) is 12.2. The minimum absolute atomic E-state index is 0.0292. The van der Waals surface area contributed by atoms with Crippen molar-refractivity contribution in [3.05, 3.63) is 100 Å². The van der Waals surface area contributed by atoms with Crippen LogP contribution < -0.4 is 5.32 Å². The van der Waals surface area contributed by atoms with E-state index in [2.05, 4.69) is 5.32 Å². The van der Waals surface area contributed by atoms with Gasteiger partial charge >= 0.3 is 0 Å². The summed E-state index contributed by atoms with van der Waals surface area (Å²) in [7, 11) is -2.20. The molecule has 2 amide bonds. The maximum absolute atomic E-state index is 13.7. The van der Waals surface area contributed by atoms with Crippen molar-refractivity contribution >= 4 is 45.0 Å². The van der Waals surface area contributed by atoms with E-state index >= 15 is 0 Å². The van der Waals surface area contributed by atoms with E-state index in [1.54, 1.807) is 36.4 Å². The predicted octanol–water partition coefficient (Wildman–Crippen LogP) is 5.17. The molecule has 0 radical (unpaired) electrons. The number of likely N-dealkylation sites (N-methyl/N-ethyl adjacent to an activating group) is 1. The molecule has 0 aromatic heterocycles. The molecule has 0 aliphatic rings. The summed E-state index contributed by atoms with van der Waals surface area (Å²) in [6, 6.07) is 21.9. The number of benzene rings is 3. The largest absolute Gasteiger partial charge is 0.355 e. The maximum Gasteiger partial charge on any atom is 0.243 e. The Morgan fingerprint density at radius 1 is 0.897 bits per heavy atom. The van der Waals surface area contributed by atoms with Gasteiger partial charge in [-0.2, -0.15) is 0 Å². The predicted molar refractivity (Wildman–Crippen MR) is 155 cm³/mol. The van der Waals surface area contributed by atoms with Crippen LogP contribution in [0.5, 0.6) is 0 Å². The van der Waals surface area contributed by atoms with Crippen LogP contribution in [0.1, 0.15) is 30.9 Å². The number of carbonyl (C=O) groups excluding carboxylic acids is 2. The highest BCUT2D eigenvalue weighted by molar-refractivity contribution is 7.89. The average molecular weight is 591 g/mol. The van der Waals surface area contributed by atoms with E-state index in [4.69, 9.17) is 23.2 Å². The van der Waals surface area contributed by atoms with Gasteiger partial charge in [-0.3, -0.25) is 9.59 Å². The Labute approximate surface area is 240 Å². The van der Waals surface area contributed by atoms with Gasteiger partial charge in [-0.05, 0) is 43.2 Å². The molecule has 0 saturated carbocycles. The molecule has 0 aliphatic heterocycles. The minimum Gasteiger partial charge on any atom is -0.355 e. The van der Waals surface area contributed by atoms with Gasteiger partial charge in [0.05, 0.1) is 4.90 Å². The molecule has 0 fully saturated rings. The Kier molecular flexibility index (Phi) is 11.4. The second kappa shape index (κ2) is 14.5. The molecule has 10 heteroatoms. The molecule has 3 aromatic rings. The molecule has 0 bridgehead atoms. The molecule has 3 rings (SSSR count). The van der Waals surface area contributed by atoms with Crippen LogP contribution in [0.15, 0.2) is 83.8 Å². The fourth-order valence-electron chi connectivity index (χ4n) is 4.19. The summed E-state index contributed by atoms with van der Waals surface area (Å²) in [4.78, 5) is 28.7. The summed E-state index contributed by atoms with van der Waals surface area (Å²) in [5, 5.41) is 3.63. The van der Waals surface area contributed by atoms with Gasteiger partial charge in [0, 0.05) is 55.1 Å². The number of hydrogen-bond donors (Lipinski definition) is 1. The first-order valence-corrected chi connectivity index (χ1v) is 14.9. The molecule has 7 nitrogen and oxygen atoms in total.